The second kappa shape index (κ2) is 56.2. The normalized spacial score (nSPS) is 10.2. The van der Waals surface area contributed by atoms with Gasteiger partial charge in [0.05, 0.1) is 113 Å². The number of carboxylic acids is 4. The van der Waals surface area contributed by atoms with Crippen molar-refractivity contribution < 1.29 is 119 Å². The Morgan fingerprint density at radius 2 is 0.471 bits per heavy atom. The van der Waals surface area contributed by atoms with Crippen LogP contribution in [0.2, 0.25) is 0 Å². The van der Waals surface area contributed by atoms with Crippen LogP contribution in [-0.4, -0.2) is 234 Å². The number of ether oxygens (including phenoxy) is 4. The van der Waals surface area contributed by atoms with Crippen LogP contribution >= 0.6 is 101 Å². The van der Waals surface area contributed by atoms with Gasteiger partial charge in [0.1, 0.15) is 31.8 Å². The Kier molecular flexibility index (Phi) is 66.3. The molecule has 0 radical (unpaired) electrons. The van der Waals surface area contributed by atoms with Crippen LogP contribution in [0.25, 0.3) is 0 Å². The van der Waals surface area contributed by atoms with Gasteiger partial charge in [0.15, 0.2) is 0 Å². The van der Waals surface area contributed by atoms with Gasteiger partial charge in [-0.15, -0.1) is 0 Å². The summed E-state index contributed by atoms with van der Waals surface area (Å²) in [5.74, 6) is -4.16. The molecule has 0 amide bonds. The molecule has 0 aliphatic carbocycles. The summed E-state index contributed by atoms with van der Waals surface area (Å²) in [4.78, 5) is 84.1. The van der Waals surface area contributed by atoms with Crippen molar-refractivity contribution >= 4 is 149 Å². The van der Waals surface area contributed by atoms with Gasteiger partial charge in [-0.1, -0.05) is 0 Å². The summed E-state index contributed by atoms with van der Waals surface area (Å²) in [6, 6.07) is 0. The lowest BCUT2D eigenvalue weighted by Gasteiger charge is -2.31. The average molecular weight is 1140 g/mol. The number of hydrogen-bond donors (Lipinski definition) is 20. The predicted molar refractivity (Wildman–Crippen MR) is 272 cm³/mol. The summed E-state index contributed by atoms with van der Waals surface area (Å²) in [6.45, 7) is -4.51. The fraction of sp³-hybridized carbons (Fsp3) is 0.778. The second-order valence-corrected chi connectivity index (χ2v) is 16.0. The molecule has 0 bridgehead atoms. The van der Waals surface area contributed by atoms with Crippen molar-refractivity contribution in [1.29, 1.82) is 0 Å². The van der Waals surface area contributed by atoms with Crippen LogP contribution in [0.5, 0.6) is 0 Å². The molecule has 0 aliphatic rings. The van der Waals surface area contributed by atoms with Crippen molar-refractivity contribution in [2.75, 3.05) is 125 Å². The molecule has 0 aliphatic heterocycles. The summed E-state index contributed by atoms with van der Waals surface area (Å²) in [6.07, 6.45) is 0.681. The summed E-state index contributed by atoms with van der Waals surface area (Å²) < 4.78 is 20.2. The highest BCUT2D eigenvalue weighted by Crippen LogP contribution is 2.22. The van der Waals surface area contributed by atoms with Crippen molar-refractivity contribution in [1.82, 2.24) is 0 Å². The van der Waals surface area contributed by atoms with E-state index in [-0.39, 0.29) is 81.5 Å². The third kappa shape index (κ3) is 56.8. The van der Waals surface area contributed by atoms with Gasteiger partial charge in [-0.25, -0.2) is 0 Å². The van der Waals surface area contributed by atoms with E-state index >= 15 is 0 Å². The number of aliphatic carboxylic acids is 4. The first-order valence-electron chi connectivity index (χ1n) is 19.1. The van der Waals surface area contributed by atoms with E-state index in [1.165, 1.54) is 0 Å². The van der Waals surface area contributed by atoms with Crippen LogP contribution < -0.4 is 0 Å². The molecule has 0 rings (SSSR count). The van der Waals surface area contributed by atoms with E-state index < -0.39 is 117 Å². The molecule has 0 atom stereocenters. The Balaban J connectivity index is -0.000000145. The van der Waals surface area contributed by atoms with Gasteiger partial charge in [-0.3, -0.25) is 38.4 Å². The Hall–Kier alpha value is -1.76. The maximum Gasteiger partial charge on any atom is 0.315 e. The van der Waals surface area contributed by atoms with E-state index in [4.69, 9.17) is 80.2 Å². The summed E-state index contributed by atoms with van der Waals surface area (Å²) >= 11 is 30.0. The quantitative estimate of drug-likeness (QED) is 0.0213. The highest BCUT2D eigenvalue weighted by molar-refractivity contribution is 7.81. The standard InChI is InChI=1S/C14H22O8S4.2C5H12O4.4C3H6O2S/c15-10(1-2-23)19-6-14(7-20-11(16)3-24,8-21-12(17)4-25)9-22-13(18)5-26;2*6-1-5(2-7,3-8)4-9;4*4-3(5)1-2-6/h23-26H,1-9H2;2*6-9H,1-4H2;4*6H,1-2H2,(H,4,5). The zero-order chi connectivity index (χ0) is 54.6. The van der Waals surface area contributed by atoms with Gasteiger partial charge >= 0.3 is 47.8 Å². The fourth-order valence-corrected chi connectivity index (χ4v) is 3.69. The smallest absolute Gasteiger partial charge is 0.315 e. The fourth-order valence-electron chi connectivity index (χ4n) is 2.47. The third-order valence-corrected chi connectivity index (χ3v) is 8.74. The van der Waals surface area contributed by atoms with Crippen LogP contribution in [0, 0.1) is 16.2 Å². The molecule has 0 aromatic carbocycles. The Bertz CT molecular complexity index is 1130. The maximum atomic E-state index is 11.6. The number of aliphatic hydroxyl groups is 8. The van der Waals surface area contributed by atoms with Crippen molar-refractivity contribution in [3.8, 4) is 0 Å². The minimum Gasteiger partial charge on any atom is -0.481 e. The van der Waals surface area contributed by atoms with E-state index in [9.17, 15) is 38.4 Å². The largest absolute Gasteiger partial charge is 0.481 e. The first kappa shape index (κ1) is 80.3. The third-order valence-electron chi connectivity index (χ3n) is 6.85. The van der Waals surface area contributed by atoms with E-state index in [1.807, 2.05) is 0 Å². The monoisotopic (exact) mass is 1140 g/mol. The van der Waals surface area contributed by atoms with Gasteiger partial charge in [0.2, 0.25) is 0 Å². The second-order valence-electron chi connectivity index (χ2n) is 12.8. The van der Waals surface area contributed by atoms with E-state index in [1.54, 1.807) is 0 Å². The summed E-state index contributed by atoms with van der Waals surface area (Å²) in [5.41, 5.74) is -3.50. The first-order chi connectivity index (χ1) is 31.9. The molecule has 0 saturated carbocycles. The van der Waals surface area contributed by atoms with E-state index in [0.29, 0.717) is 23.0 Å². The molecule has 406 valence electrons. The van der Waals surface area contributed by atoms with Gasteiger partial charge in [-0.2, -0.15) is 101 Å². The van der Waals surface area contributed by atoms with Crippen molar-refractivity contribution in [2.24, 2.45) is 16.2 Å². The number of esters is 4. The number of rotatable bonds is 29. The lowest BCUT2D eigenvalue weighted by atomic mass is 9.92. The van der Waals surface area contributed by atoms with Gasteiger partial charge in [0.25, 0.3) is 0 Å². The molecule has 0 heterocycles. The lowest BCUT2D eigenvalue weighted by molar-refractivity contribution is -0.168. The van der Waals surface area contributed by atoms with Crippen molar-refractivity contribution in [2.45, 2.75) is 32.1 Å². The minimum atomic E-state index is -1.28. The highest BCUT2D eigenvalue weighted by atomic mass is 32.1. The van der Waals surface area contributed by atoms with Crippen molar-refractivity contribution in [3.05, 3.63) is 0 Å². The van der Waals surface area contributed by atoms with E-state index in [2.05, 4.69) is 101 Å². The summed E-state index contributed by atoms with van der Waals surface area (Å²) in [7, 11) is 0. The van der Waals surface area contributed by atoms with Crippen LogP contribution in [0.4, 0.5) is 0 Å². The SMILES string of the molecule is O=C(CS)OCC(COC(=O)CS)(COC(=O)CS)COC(=O)CCS.O=C(O)CCS.O=C(O)CCS.O=C(O)CCS.O=C(O)CCS.OCC(CO)(CO)CO.OCC(CO)(CO)CO. The van der Waals surface area contributed by atoms with Crippen LogP contribution in [0.3, 0.4) is 0 Å². The molecule has 32 heteroatoms. The molecule has 0 aromatic rings. The molecule has 24 nitrogen and oxygen atoms in total. The Morgan fingerprint density at radius 3 is 0.574 bits per heavy atom. The molecule has 0 aromatic heterocycles. The Morgan fingerprint density at radius 1 is 0.294 bits per heavy atom. The van der Waals surface area contributed by atoms with Crippen molar-refractivity contribution in [3.63, 3.8) is 0 Å². The maximum absolute atomic E-state index is 11.6. The van der Waals surface area contributed by atoms with E-state index in [0.717, 1.165) is 0 Å². The van der Waals surface area contributed by atoms with Gasteiger partial charge < -0.3 is 80.2 Å². The number of thiol groups is 8. The molecule has 0 unspecified atom stereocenters. The predicted octanol–water partition coefficient (Wildman–Crippen LogP) is -2.30. The number of aliphatic hydroxyl groups excluding tert-OH is 8. The molecule has 68 heavy (non-hydrogen) atoms. The number of carboxylic acid groups (broad SMARTS) is 4. The Labute approximate surface area is 438 Å². The highest BCUT2D eigenvalue weighted by Gasteiger charge is 2.38. The van der Waals surface area contributed by atoms with Crippen LogP contribution in [-0.2, 0) is 57.3 Å². The number of carbonyl (C=O) groups excluding carboxylic acids is 4. The minimum absolute atomic E-state index is 0.0580. The number of hydrogen-bond acceptors (Lipinski definition) is 28. The lowest BCUT2D eigenvalue weighted by Crippen LogP contribution is -2.44. The topological polar surface area (TPSA) is 416 Å². The molecular formula is C36H70O24S8. The van der Waals surface area contributed by atoms with Gasteiger partial charge in [-0.05, 0) is 0 Å². The molecule has 12 N–H and O–H groups in total. The molecule has 0 spiro atoms. The number of carbonyl (C=O) groups is 8. The zero-order valence-electron chi connectivity index (χ0n) is 37.0. The van der Waals surface area contributed by atoms with Crippen LogP contribution in [0.1, 0.15) is 32.1 Å². The summed E-state index contributed by atoms with van der Waals surface area (Å²) in [5, 5.41) is 99.4. The van der Waals surface area contributed by atoms with Gasteiger partial charge in [0, 0.05) is 28.8 Å². The van der Waals surface area contributed by atoms with Crippen LogP contribution in [0.15, 0.2) is 0 Å². The first-order valence-corrected chi connectivity index (χ1v) is 24.2. The average Bonchev–Trinajstić information content (AvgIpc) is 3.31. The molecule has 0 fully saturated rings. The zero-order valence-corrected chi connectivity index (χ0v) is 44.2. The molecule has 0 saturated heterocycles. The molecular weight excluding hydrogens is 1070 g/mol.